The van der Waals surface area contributed by atoms with E-state index in [2.05, 4.69) is 5.32 Å². The van der Waals surface area contributed by atoms with E-state index in [1.165, 1.54) is 0 Å². The zero-order valence-corrected chi connectivity index (χ0v) is 9.63. The van der Waals surface area contributed by atoms with E-state index < -0.39 is 11.9 Å². The largest absolute Gasteiger partial charge is 0.392 e. The van der Waals surface area contributed by atoms with Crippen LogP contribution in [0.4, 0.5) is 0 Å². The standard InChI is InChI=1S/C11H19NO3/c1-11(2,3)7-9(13)15-10(14)8-5-4-6-12-8/h8,12H,4-7H2,1-3H3. The first kappa shape index (κ1) is 12.2. The van der Waals surface area contributed by atoms with E-state index in [4.69, 9.17) is 4.74 Å². The summed E-state index contributed by atoms with van der Waals surface area (Å²) < 4.78 is 4.77. The predicted molar refractivity (Wildman–Crippen MR) is 56.2 cm³/mol. The molecule has 4 heteroatoms. The van der Waals surface area contributed by atoms with Gasteiger partial charge in [-0.15, -0.1) is 0 Å². The lowest BCUT2D eigenvalue weighted by atomic mass is 9.92. The quantitative estimate of drug-likeness (QED) is 0.554. The number of carbonyl (C=O) groups is 2. The first-order chi connectivity index (χ1) is 6.88. The van der Waals surface area contributed by atoms with Gasteiger partial charge in [0.05, 0.1) is 6.42 Å². The van der Waals surface area contributed by atoms with Gasteiger partial charge in [0.1, 0.15) is 6.04 Å². The summed E-state index contributed by atoms with van der Waals surface area (Å²) in [6, 6.07) is -0.283. The molecule has 1 fully saturated rings. The van der Waals surface area contributed by atoms with E-state index in [0.717, 1.165) is 19.4 Å². The monoisotopic (exact) mass is 213 g/mol. The molecule has 1 saturated heterocycles. The minimum atomic E-state index is -0.429. The van der Waals surface area contributed by atoms with Crippen LogP contribution in [0.3, 0.4) is 0 Å². The first-order valence-corrected chi connectivity index (χ1v) is 5.36. The highest BCUT2D eigenvalue weighted by molar-refractivity contribution is 5.88. The van der Waals surface area contributed by atoms with Crippen LogP contribution in [0.1, 0.15) is 40.0 Å². The number of ether oxygens (including phenoxy) is 1. The summed E-state index contributed by atoms with van der Waals surface area (Å²) in [5.41, 5.74) is -0.138. The number of rotatable bonds is 2. The molecule has 1 rings (SSSR count). The zero-order valence-electron chi connectivity index (χ0n) is 9.63. The SMILES string of the molecule is CC(C)(C)CC(=O)OC(=O)C1CCCN1. The number of esters is 2. The van der Waals surface area contributed by atoms with Crippen LogP contribution < -0.4 is 5.32 Å². The molecule has 0 aromatic carbocycles. The molecule has 1 aliphatic heterocycles. The van der Waals surface area contributed by atoms with Gasteiger partial charge in [0.2, 0.25) is 0 Å². The second-order valence-electron chi connectivity index (χ2n) is 5.18. The lowest BCUT2D eigenvalue weighted by Gasteiger charge is -2.16. The molecule has 1 aliphatic rings. The maximum Gasteiger partial charge on any atom is 0.330 e. The lowest BCUT2D eigenvalue weighted by Crippen LogP contribution is -2.34. The Hall–Kier alpha value is -0.900. The molecule has 0 amide bonds. The van der Waals surface area contributed by atoms with Gasteiger partial charge in [-0.3, -0.25) is 4.79 Å². The molecular weight excluding hydrogens is 194 g/mol. The van der Waals surface area contributed by atoms with Gasteiger partial charge in [-0.1, -0.05) is 20.8 Å². The molecule has 1 unspecified atom stereocenters. The van der Waals surface area contributed by atoms with Crippen molar-refractivity contribution in [3.8, 4) is 0 Å². The molecule has 0 aromatic rings. The van der Waals surface area contributed by atoms with E-state index in [1.807, 2.05) is 20.8 Å². The highest BCUT2D eigenvalue weighted by atomic mass is 16.6. The van der Waals surface area contributed by atoms with Crippen molar-refractivity contribution in [1.29, 1.82) is 0 Å². The van der Waals surface area contributed by atoms with Gasteiger partial charge in [0.15, 0.2) is 0 Å². The fraction of sp³-hybridized carbons (Fsp3) is 0.818. The third-order valence-electron chi connectivity index (χ3n) is 2.23. The van der Waals surface area contributed by atoms with E-state index >= 15 is 0 Å². The Morgan fingerprint density at radius 1 is 1.40 bits per heavy atom. The van der Waals surface area contributed by atoms with E-state index in [0.29, 0.717) is 0 Å². The minimum Gasteiger partial charge on any atom is -0.392 e. The average Bonchev–Trinajstić information content (AvgIpc) is 2.50. The van der Waals surface area contributed by atoms with Gasteiger partial charge < -0.3 is 10.1 Å². The summed E-state index contributed by atoms with van der Waals surface area (Å²) in [7, 11) is 0. The third kappa shape index (κ3) is 4.42. The topological polar surface area (TPSA) is 55.4 Å². The molecule has 0 radical (unpaired) electrons. The van der Waals surface area contributed by atoms with Gasteiger partial charge in [0, 0.05) is 0 Å². The van der Waals surface area contributed by atoms with Gasteiger partial charge in [0.25, 0.3) is 0 Å². The van der Waals surface area contributed by atoms with Crippen LogP contribution in [0.5, 0.6) is 0 Å². The van der Waals surface area contributed by atoms with E-state index in [-0.39, 0.29) is 17.9 Å². The second-order valence-corrected chi connectivity index (χ2v) is 5.18. The Labute approximate surface area is 90.4 Å². The van der Waals surface area contributed by atoms with Crippen LogP contribution in [-0.4, -0.2) is 24.5 Å². The molecular formula is C11H19NO3. The fourth-order valence-corrected chi connectivity index (χ4v) is 1.54. The molecule has 15 heavy (non-hydrogen) atoms. The zero-order chi connectivity index (χ0) is 11.5. The van der Waals surface area contributed by atoms with Crippen molar-refractivity contribution < 1.29 is 14.3 Å². The molecule has 0 spiro atoms. The summed E-state index contributed by atoms with van der Waals surface area (Å²) in [6.07, 6.45) is 2.00. The Morgan fingerprint density at radius 3 is 2.53 bits per heavy atom. The first-order valence-electron chi connectivity index (χ1n) is 5.36. The van der Waals surface area contributed by atoms with Crippen LogP contribution in [-0.2, 0) is 14.3 Å². The highest BCUT2D eigenvalue weighted by Crippen LogP contribution is 2.19. The van der Waals surface area contributed by atoms with Crippen LogP contribution in [0.15, 0.2) is 0 Å². The molecule has 1 heterocycles. The van der Waals surface area contributed by atoms with E-state index in [1.54, 1.807) is 0 Å². The Balaban J connectivity index is 2.34. The second kappa shape index (κ2) is 4.75. The molecule has 0 saturated carbocycles. The van der Waals surface area contributed by atoms with Crippen molar-refractivity contribution in [2.45, 2.75) is 46.1 Å². The third-order valence-corrected chi connectivity index (χ3v) is 2.23. The van der Waals surface area contributed by atoms with Crippen molar-refractivity contribution in [1.82, 2.24) is 5.32 Å². The number of hydrogen-bond donors (Lipinski definition) is 1. The van der Waals surface area contributed by atoms with Gasteiger partial charge in [-0.25, -0.2) is 4.79 Å². The van der Waals surface area contributed by atoms with E-state index in [9.17, 15) is 9.59 Å². The summed E-state index contributed by atoms with van der Waals surface area (Å²) in [5, 5.41) is 3.00. The van der Waals surface area contributed by atoms with Gasteiger partial charge in [-0.2, -0.15) is 0 Å². The van der Waals surface area contributed by atoms with Crippen molar-refractivity contribution in [2.75, 3.05) is 6.54 Å². The van der Waals surface area contributed by atoms with Crippen LogP contribution in [0.25, 0.3) is 0 Å². The van der Waals surface area contributed by atoms with Gasteiger partial charge in [-0.05, 0) is 24.8 Å². The van der Waals surface area contributed by atoms with Crippen molar-refractivity contribution in [3.63, 3.8) is 0 Å². The van der Waals surface area contributed by atoms with Crippen molar-refractivity contribution in [3.05, 3.63) is 0 Å². The molecule has 0 bridgehead atoms. The lowest BCUT2D eigenvalue weighted by molar-refractivity contribution is -0.162. The number of nitrogens with one attached hydrogen (secondary N) is 1. The van der Waals surface area contributed by atoms with Crippen molar-refractivity contribution >= 4 is 11.9 Å². The molecule has 0 aromatic heterocycles. The Bertz CT molecular complexity index is 249. The highest BCUT2D eigenvalue weighted by Gasteiger charge is 2.27. The average molecular weight is 213 g/mol. The fourth-order valence-electron chi connectivity index (χ4n) is 1.54. The van der Waals surface area contributed by atoms with Crippen LogP contribution in [0, 0.1) is 5.41 Å². The van der Waals surface area contributed by atoms with Gasteiger partial charge >= 0.3 is 11.9 Å². The minimum absolute atomic E-state index is 0.138. The molecule has 86 valence electrons. The number of carbonyl (C=O) groups excluding carboxylic acids is 2. The normalized spacial score (nSPS) is 21.4. The van der Waals surface area contributed by atoms with Crippen LogP contribution >= 0.6 is 0 Å². The Morgan fingerprint density at radius 2 is 2.07 bits per heavy atom. The molecule has 0 aliphatic carbocycles. The summed E-state index contributed by atoms with van der Waals surface area (Å²) >= 11 is 0. The summed E-state index contributed by atoms with van der Waals surface area (Å²) in [6.45, 7) is 6.64. The molecule has 1 N–H and O–H groups in total. The number of hydrogen-bond acceptors (Lipinski definition) is 4. The maximum atomic E-state index is 11.4. The summed E-state index contributed by atoms with van der Waals surface area (Å²) in [5.74, 6) is -0.858. The Kier molecular flexibility index (Phi) is 3.85. The predicted octanol–water partition coefficient (Wildman–Crippen LogP) is 1.24. The smallest absolute Gasteiger partial charge is 0.330 e. The molecule has 4 nitrogen and oxygen atoms in total. The van der Waals surface area contributed by atoms with Crippen molar-refractivity contribution in [2.24, 2.45) is 5.41 Å². The summed E-state index contributed by atoms with van der Waals surface area (Å²) in [4.78, 5) is 22.8. The van der Waals surface area contributed by atoms with Crippen LogP contribution in [0.2, 0.25) is 0 Å². The maximum absolute atomic E-state index is 11.4. The molecule has 1 atom stereocenters.